The number of rotatable bonds is 5. The van der Waals surface area contributed by atoms with Crippen molar-refractivity contribution < 1.29 is 13.9 Å². The first-order valence-corrected chi connectivity index (χ1v) is 7.55. The molecule has 0 aliphatic rings. The van der Waals surface area contributed by atoms with Gasteiger partial charge in [-0.1, -0.05) is 38.1 Å². The van der Waals surface area contributed by atoms with E-state index >= 15 is 0 Å². The van der Waals surface area contributed by atoms with E-state index in [0.29, 0.717) is 24.2 Å². The molecular weight excluding hydrogens is 281 g/mol. The van der Waals surface area contributed by atoms with Crippen molar-refractivity contribution in [3.63, 3.8) is 0 Å². The van der Waals surface area contributed by atoms with E-state index < -0.39 is 11.7 Å². The van der Waals surface area contributed by atoms with Gasteiger partial charge in [0.1, 0.15) is 5.60 Å². The van der Waals surface area contributed by atoms with Gasteiger partial charge in [0.25, 0.3) is 0 Å². The summed E-state index contributed by atoms with van der Waals surface area (Å²) < 4.78 is 18.1. The van der Waals surface area contributed by atoms with Crippen molar-refractivity contribution in [3.05, 3.63) is 47.3 Å². The van der Waals surface area contributed by atoms with Gasteiger partial charge in [0.2, 0.25) is 0 Å². The van der Waals surface area contributed by atoms with Crippen LogP contribution in [0.1, 0.15) is 51.7 Å². The average Bonchev–Trinajstić information content (AvgIpc) is 2.42. The lowest BCUT2D eigenvalue weighted by atomic mass is 9.99. The van der Waals surface area contributed by atoms with Crippen LogP contribution in [0, 0.1) is 0 Å². The molecule has 0 unspecified atom stereocenters. The van der Waals surface area contributed by atoms with Crippen LogP contribution in [0.3, 0.4) is 0 Å². The number of amides is 1. The number of alkyl carbamates (subject to hydrolysis) is 1. The molecule has 0 heterocycles. The molecule has 3 nitrogen and oxygen atoms in total. The molecule has 1 N–H and O–H groups in total. The van der Waals surface area contributed by atoms with E-state index in [1.165, 1.54) is 5.56 Å². The maximum atomic E-state index is 13.0. The molecule has 0 aromatic heterocycles. The second-order valence-electron chi connectivity index (χ2n) is 6.70. The summed E-state index contributed by atoms with van der Waals surface area (Å²) in [6, 6.07) is 8.09. The minimum absolute atomic E-state index is 0.136. The normalized spacial score (nSPS) is 12.4. The molecule has 0 radical (unpaired) electrons. The van der Waals surface area contributed by atoms with Crippen molar-refractivity contribution in [1.29, 1.82) is 0 Å². The zero-order valence-electron chi connectivity index (χ0n) is 14.1. The second kappa shape index (κ2) is 7.97. The number of carbonyl (C=O) groups is 1. The first kappa shape index (κ1) is 18.2. The number of hydrogen-bond acceptors (Lipinski definition) is 2. The Kier molecular flexibility index (Phi) is 6.60. The molecule has 1 aromatic rings. The van der Waals surface area contributed by atoms with Crippen LogP contribution in [0.5, 0.6) is 0 Å². The highest BCUT2D eigenvalue weighted by Gasteiger charge is 2.16. The Morgan fingerprint density at radius 3 is 2.32 bits per heavy atom. The zero-order valence-corrected chi connectivity index (χ0v) is 14.1. The largest absolute Gasteiger partial charge is 0.444 e. The van der Waals surface area contributed by atoms with Crippen molar-refractivity contribution in [3.8, 4) is 0 Å². The first-order chi connectivity index (χ1) is 10.2. The van der Waals surface area contributed by atoms with Gasteiger partial charge in [0.05, 0.1) is 6.33 Å². The summed E-state index contributed by atoms with van der Waals surface area (Å²) in [7, 11) is 0. The third-order valence-corrected chi connectivity index (χ3v) is 3.09. The number of halogens is 1. The van der Waals surface area contributed by atoms with Gasteiger partial charge >= 0.3 is 6.09 Å². The van der Waals surface area contributed by atoms with Crippen molar-refractivity contribution in [2.75, 3.05) is 6.54 Å². The van der Waals surface area contributed by atoms with E-state index in [1.807, 2.05) is 12.1 Å². The van der Waals surface area contributed by atoms with Crippen molar-refractivity contribution in [2.24, 2.45) is 0 Å². The lowest BCUT2D eigenvalue weighted by Crippen LogP contribution is -2.33. The third kappa shape index (κ3) is 6.74. The molecular formula is C18H26FNO2. The van der Waals surface area contributed by atoms with Crippen LogP contribution in [-0.4, -0.2) is 18.2 Å². The molecule has 0 aliphatic carbocycles. The summed E-state index contributed by atoms with van der Waals surface area (Å²) in [5.41, 5.74) is 2.21. The Morgan fingerprint density at radius 1 is 1.27 bits per heavy atom. The Balaban J connectivity index is 2.54. The predicted octanol–water partition coefficient (Wildman–Crippen LogP) is 4.73. The van der Waals surface area contributed by atoms with Gasteiger partial charge < -0.3 is 10.1 Å². The Morgan fingerprint density at radius 2 is 1.86 bits per heavy atom. The fourth-order valence-electron chi connectivity index (χ4n) is 1.92. The number of benzene rings is 1. The predicted molar refractivity (Wildman–Crippen MR) is 87.7 cm³/mol. The van der Waals surface area contributed by atoms with Crippen LogP contribution in [0.4, 0.5) is 9.18 Å². The summed E-state index contributed by atoms with van der Waals surface area (Å²) in [4.78, 5) is 11.6. The molecule has 4 heteroatoms. The van der Waals surface area contributed by atoms with E-state index in [2.05, 4.69) is 31.3 Å². The van der Waals surface area contributed by atoms with Gasteiger partial charge in [-0.2, -0.15) is 0 Å². The van der Waals surface area contributed by atoms with E-state index in [-0.39, 0.29) is 6.54 Å². The summed E-state index contributed by atoms with van der Waals surface area (Å²) in [5.74, 6) is 0.471. The Bertz CT molecular complexity index is 513. The maximum Gasteiger partial charge on any atom is 0.407 e. The SMILES string of the molecule is CC(C)c1ccc(CC(=CF)CNC(=O)OC(C)(C)C)cc1. The summed E-state index contributed by atoms with van der Waals surface area (Å²) in [5, 5.41) is 2.57. The van der Waals surface area contributed by atoms with Crippen LogP contribution in [-0.2, 0) is 11.2 Å². The van der Waals surface area contributed by atoms with E-state index in [0.717, 1.165) is 5.56 Å². The Hall–Kier alpha value is -1.84. The molecule has 22 heavy (non-hydrogen) atoms. The molecule has 1 aromatic carbocycles. The van der Waals surface area contributed by atoms with E-state index in [9.17, 15) is 9.18 Å². The molecule has 0 saturated carbocycles. The third-order valence-electron chi connectivity index (χ3n) is 3.09. The fourth-order valence-corrected chi connectivity index (χ4v) is 1.92. The fraction of sp³-hybridized carbons (Fsp3) is 0.500. The molecule has 0 spiro atoms. The van der Waals surface area contributed by atoms with Crippen LogP contribution in [0.25, 0.3) is 0 Å². The molecule has 0 saturated heterocycles. The molecule has 1 amide bonds. The van der Waals surface area contributed by atoms with E-state index in [1.54, 1.807) is 20.8 Å². The average molecular weight is 307 g/mol. The van der Waals surface area contributed by atoms with Crippen LogP contribution >= 0.6 is 0 Å². The minimum Gasteiger partial charge on any atom is -0.444 e. The highest BCUT2D eigenvalue weighted by Crippen LogP contribution is 2.16. The van der Waals surface area contributed by atoms with Gasteiger partial charge in [-0.15, -0.1) is 0 Å². The molecule has 0 bridgehead atoms. The maximum absolute atomic E-state index is 13.0. The number of ether oxygens (including phenoxy) is 1. The first-order valence-electron chi connectivity index (χ1n) is 7.55. The lowest BCUT2D eigenvalue weighted by molar-refractivity contribution is 0.0532. The zero-order chi connectivity index (χ0) is 16.8. The number of hydrogen-bond donors (Lipinski definition) is 1. The topological polar surface area (TPSA) is 38.3 Å². The van der Waals surface area contributed by atoms with Crippen LogP contribution in [0.15, 0.2) is 36.2 Å². The van der Waals surface area contributed by atoms with Gasteiger partial charge in [-0.3, -0.25) is 0 Å². The van der Waals surface area contributed by atoms with Gasteiger partial charge in [0.15, 0.2) is 0 Å². The lowest BCUT2D eigenvalue weighted by Gasteiger charge is -2.20. The van der Waals surface area contributed by atoms with Crippen LogP contribution in [0.2, 0.25) is 0 Å². The highest BCUT2D eigenvalue weighted by atomic mass is 19.1. The molecule has 0 atom stereocenters. The van der Waals surface area contributed by atoms with Gasteiger partial charge in [-0.25, -0.2) is 9.18 Å². The minimum atomic E-state index is -0.559. The standard InChI is InChI=1S/C18H26FNO2/c1-13(2)16-8-6-14(7-9-16)10-15(11-19)12-20-17(21)22-18(3,4)5/h6-9,11,13H,10,12H2,1-5H3,(H,20,21). The summed E-state index contributed by atoms with van der Waals surface area (Å²) in [6.07, 6.45) is 0.472. The molecule has 0 aliphatic heterocycles. The van der Waals surface area contributed by atoms with Crippen LogP contribution < -0.4 is 5.32 Å². The van der Waals surface area contributed by atoms with Gasteiger partial charge in [-0.05, 0) is 49.8 Å². The second-order valence-corrected chi connectivity index (χ2v) is 6.70. The quantitative estimate of drug-likeness (QED) is 0.854. The smallest absolute Gasteiger partial charge is 0.407 e. The van der Waals surface area contributed by atoms with E-state index in [4.69, 9.17) is 4.74 Å². The Labute approximate surface area is 132 Å². The molecule has 0 fully saturated rings. The molecule has 122 valence electrons. The number of nitrogens with one attached hydrogen (secondary N) is 1. The summed E-state index contributed by atoms with van der Waals surface area (Å²) >= 11 is 0. The number of carbonyl (C=O) groups excluding carboxylic acids is 1. The monoisotopic (exact) mass is 307 g/mol. The summed E-state index contributed by atoms with van der Waals surface area (Å²) in [6.45, 7) is 9.76. The van der Waals surface area contributed by atoms with Crippen molar-refractivity contribution >= 4 is 6.09 Å². The van der Waals surface area contributed by atoms with Gasteiger partial charge in [0, 0.05) is 6.54 Å². The van der Waals surface area contributed by atoms with Crippen molar-refractivity contribution in [1.82, 2.24) is 5.32 Å². The highest BCUT2D eigenvalue weighted by molar-refractivity contribution is 5.68. The van der Waals surface area contributed by atoms with Crippen molar-refractivity contribution in [2.45, 2.75) is 52.6 Å². The molecule has 1 rings (SSSR count).